The minimum absolute atomic E-state index is 0.0106. The Hall–Kier alpha value is -0.830. The second-order valence-electron chi connectivity index (χ2n) is 4.38. The molecule has 0 spiro atoms. The number of ether oxygens (including phenoxy) is 1. The second kappa shape index (κ2) is 6.04. The Morgan fingerprint density at radius 3 is 2.56 bits per heavy atom. The van der Waals surface area contributed by atoms with Gasteiger partial charge in [0.25, 0.3) is 0 Å². The van der Waals surface area contributed by atoms with Crippen LogP contribution in [0.1, 0.15) is 46.0 Å². The fraction of sp³-hybridized carbons (Fsp3) is 0.769. The zero-order valence-electron chi connectivity index (χ0n) is 10.2. The highest BCUT2D eigenvalue weighted by molar-refractivity contribution is 5.82. The third-order valence-corrected chi connectivity index (χ3v) is 3.25. The molecule has 1 fully saturated rings. The fourth-order valence-electron chi connectivity index (χ4n) is 2.41. The smallest absolute Gasteiger partial charge is 0.342 e. The van der Waals surface area contributed by atoms with Gasteiger partial charge in [0.15, 0.2) is 5.60 Å². The monoisotopic (exact) mass is 226 g/mol. The number of hydrogen-bond acceptors (Lipinski definition) is 3. The Morgan fingerprint density at radius 2 is 2.06 bits per heavy atom. The van der Waals surface area contributed by atoms with Crippen LogP contribution >= 0.6 is 0 Å². The summed E-state index contributed by atoms with van der Waals surface area (Å²) >= 11 is 0. The number of allylic oxidation sites excluding steroid dienone is 1. The first kappa shape index (κ1) is 13.2. The fourth-order valence-corrected chi connectivity index (χ4v) is 2.41. The molecule has 3 heteroatoms. The van der Waals surface area contributed by atoms with Crippen molar-refractivity contribution in [3.05, 3.63) is 12.2 Å². The van der Waals surface area contributed by atoms with Crippen LogP contribution < -0.4 is 0 Å². The molecule has 92 valence electrons. The van der Waals surface area contributed by atoms with E-state index in [0.29, 0.717) is 6.61 Å². The summed E-state index contributed by atoms with van der Waals surface area (Å²) in [6.07, 6.45) is 8.49. The van der Waals surface area contributed by atoms with Gasteiger partial charge in [-0.2, -0.15) is 0 Å². The molecule has 16 heavy (non-hydrogen) atoms. The van der Waals surface area contributed by atoms with E-state index in [2.05, 4.69) is 0 Å². The quantitative estimate of drug-likeness (QED) is 0.591. The molecule has 1 N–H and O–H groups in total. The standard InChI is InChI=1S/C13H22O3/c1-3-10-13(15,12(14)16-4-2)11-8-6-5-7-9-11/h3,10-11,15H,4-9H2,1-2H3. The summed E-state index contributed by atoms with van der Waals surface area (Å²) in [5, 5.41) is 10.5. The second-order valence-corrected chi connectivity index (χ2v) is 4.38. The van der Waals surface area contributed by atoms with Crippen LogP contribution in [-0.4, -0.2) is 23.3 Å². The summed E-state index contributed by atoms with van der Waals surface area (Å²) < 4.78 is 4.97. The van der Waals surface area contributed by atoms with Crippen LogP contribution in [0.2, 0.25) is 0 Å². The van der Waals surface area contributed by atoms with Crippen LogP contribution in [0.15, 0.2) is 12.2 Å². The predicted octanol–water partition coefficient (Wildman–Crippen LogP) is 2.44. The Kier molecular flexibility index (Phi) is 5.00. The van der Waals surface area contributed by atoms with Crippen LogP contribution in [0.5, 0.6) is 0 Å². The molecule has 3 nitrogen and oxygen atoms in total. The van der Waals surface area contributed by atoms with Gasteiger partial charge in [-0.15, -0.1) is 0 Å². The van der Waals surface area contributed by atoms with Crippen molar-refractivity contribution in [2.45, 2.75) is 51.6 Å². The normalized spacial score (nSPS) is 21.9. The Morgan fingerprint density at radius 1 is 1.44 bits per heavy atom. The van der Waals surface area contributed by atoms with Crippen LogP contribution in [0.3, 0.4) is 0 Å². The molecule has 0 aromatic rings. The number of carbonyl (C=O) groups is 1. The highest BCUT2D eigenvalue weighted by atomic mass is 16.5. The SMILES string of the molecule is CC=CC(O)(C(=O)OCC)C1CCCCC1. The molecule has 0 aromatic heterocycles. The summed E-state index contributed by atoms with van der Waals surface area (Å²) in [6.45, 7) is 3.88. The first-order valence-electron chi connectivity index (χ1n) is 6.18. The minimum Gasteiger partial charge on any atom is -0.464 e. The third-order valence-electron chi connectivity index (χ3n) is 3.25. The Balaban J connectivity index is 2.81. The number of rotatable bonds is 4. The molecule has 0 saturated heterocycles. The molecule has 0 aliphatic heterocycles. The summed E-state index contributed by atoms with van der Waals surface area (Å²) in [5.41, 5.74) is -1.41. The average Bonchev–Trinajstić information content (AvgIpc) is 2.30. The lowest BCUT2D eigenvalue weighted by molar-refractivity contribution is -0.166. The molecule has 0 bridgehead atoms. The maximum atomic E-state index is 11.8. The van der Waals surface area contributed by atoms with E-state index in [9.17, 15) is 9.90 Å². The molecule has 1 saturated carbocycles. The summed E-state index contributed by atoms with van der Waals surface area (Å²) in [4.78, 5) is 11.8. The molecule has 0 radical (unpaired) electrons. The highest BCUT2D eigenvalue weighted by Crippen LogP contribution is 2.34. The van der Waals surface area contributed by atoms with E-state index in [1.165, 1.54) is 6.42 Å². The lowest BCUT2D eigenvalue weighted by atomic mass is 9.76. The number of aliphatic hydroxyl groups is 1. The van der Waals surface area contributed by atoms with E-state index in [1.54, 1.807) is 19.1 Å². The zero-order valence-corrected chi connectivity index (χ0v) is 10.2. The number of hydrogen-bond donors (Lipinski definition) is 1. The number of esters is 1. The van der Waals surface area contributed by atoms with Crippen LogP contribution in [0, 0.1) is 5.92 Å². The van der Waals surface area contributed by atoms with E-state index in [4.69, 9.17) is 4.74 Å². The largest absolute Gasteiger partial charge is 0.464 e. The molecule has 1 aliphatic carbocycles. The molecular formula is C13H22O3. The first-order chi connectivity index (χ1) is 7.65. The van der Waals surface area contributed by atoms with Gasteiger partial charge in [-0.05, 0) is 32.8 Å². The predicted molar refractivity (Wildman–Crippen MR) is 63.0 cm³/mol. The van der Waals surface area contributed by atoms with Gasteiger partial charge >= 0.3 is 5.97 Å². The van der Waals surface area contributed by atoms with E-state index in [0.717, 1.165) is 25.7 Å². The van der Waals surface area contributed by atoms with Crippen LogP contribution in [0.25, 0.3) is 0 Å². The van der Waals surface area contributed by atoms with E-state index in [1.807, 2.05) is 6.92 Å². The van der Waals surface area contributed by atoms with Crippen LogP contribution in [0.4, 0.5) is 0 Å². The van der Waals surface area contributed by atoms with Gasteiger partial charge in [-0.25, -0.2) is 4.79 Å². The van der Waals surface area contributed by atoms with E-state index >= 15 is 0 Å². The Labute approximate surface area is 97.5 Å². The molecule has 1 rings (SSSR count). The maximum absolute atomic E-state index is 11.8. The van der Waals surface area contributed by atoms with Crippen molar-refractivity contribution in [1.82, 2.24) is 0 Å². The lowest BCUT2D eigenvalue weighted by Gasteiger charge is -2.34. The van der Waals surface area contributed by atoms with Crippen molar-refractivity contribution < 1.29 is 14.6 Å². The summed E-state index contributed by atoms with van der Waals surface area (Å²) in [5.74, 6) is -0.489. The molecule has 1 atom stereocenters. The summed E-state index contributed by atoms with van der Waals surface area (Å²) in [7, 11) is 0. The van der Waals surface area contributed by atoms with Gasteiger partial charge in [-0.1, -0.05) is 25.3 Å². The van der Waals surface area contributed by atoms with Gasteiger partial charge in [-0.3, -0.25) is 0 Å². The van der Waals surface area contributed by atoms with Crippen molar-refractivity contribution >= 4 is 5.97 Å². The first-order valence-corrected chi connectivity index (χ1v) is 6.18. The van der Waals surface area contributed by atoms with E-state index in [-0.39, 0.29) is 5.92 Å². The van der Waals surface area contributed by atoms with Crippen molar-refractivity contribution in [3.8, 4) is 0 Å². The van der Waals surface area contributed by atoms with Gasteiger partial charge in [0.2, 0.25) is 0 Å². The third kappa shape index (κ3) is 2.85. The molecule has 0 amide bonds. The molecule has 1 unspecified atom stereocenters. The van der Waals surface area contributed by atoms with Crippen molar-refractivity contribution in [2.24, 2.45) is 5.92 Å². The molecule has 0 aromatic carbocycles. The zero-order chi connectivity index (χ0) is 12.0. The average molecular weight is 226 g/mol. The van der Waals surface area contributed by atoms with Gasteiger partial charge in [0.1, 0.15) is 0 Å². The topological polar surface area (TPSA) is 46.5 Å². The van der Waals surface area contributed by atoms with Crippen molar-refractivity contribution in [3.63, 3.8) is 0 Å². The number of carbonyl (C=O) groups excluding carboxylic acids is 1. The molecule has 1 aliphatic rings. The highest BCUT2D eigenvalue weighted by Gasteiger charge is 2.43. The van der Waals surface area contributed by atoms with Gasteiger partial charge in [0.05, 0.1) is 6.61 Å². The van der Waals surface area contributed by atoms with Crippen LogP contribution in [-0.2, 0) is 9.53 Å². The van der Waals surface area contributed by atoms with Gasteiger partial charge in [0, 0.05) is 5.92 Å². The van der Waals surface area contributed by atoms with Crippen molar-refractivity contribution in [2.75, 3.05) is 6.61 Å². The Bertz CT molecular complexity index is 254. The van der Waals surface area contributed by atoms with Gasteiger partial charge < -0.3 is 9.84 Å². The van der Waals surface area contributed by atoms with E-state index < -0.39 is 11.6 Å². The lowest BCUT2D eigenvalue weighted by Crippen LogP contribution is -2.46. The molecular weight excluding hydrogens is 204 g/mol. The van der Waals surface area contributed by atoms with Crippen molar-refractivity contribution in [1.29, 1.82) is 0 Å². The summed E-state index contributed by atoms with van der Waals surface area (Å²) in [6, 6.07) is 0. The minimum atomic E-state index is -1.41. The maximum Gasteiger partial charge on any atom is 0.342 e. The molecule has 0 heterocycles.